The SMILES string of the molecule is Br.C=CCC(CC=C)NCCCCCCCCC. The predicted octanol–water partition coefficient (Wildman–Crippen LogP) is 5.43. The van der Waals surface area contributed by atoms with Crippen LogP contribution in [0.3, 0.4) is 0 Å². The smallest absolute Gasteiger partial charge is 0.0136 e. The lowest BCUT2D eigenvalue weighted by Gasteiger charge is -2.14. The highest BCUT2D eigenvalue weighted by Gasteiger charge is 2.02. The van der Waals surface area contributed by atoms with Gasteiger partial charge < -0.3 is 5.32 Å². The van der Waals surface area contributed by atoms with Crippen molar-refractivity contribution in [1.82, 2.24) is 5.32 Å². The largest absolute Gasteiger partial charge is 0.313 e. The van der Waals surface area contributed by atoms with Crippen molar-refractivity contribution < 1.29 is 0 Å². The summed E-state index contributed by atoms with van der Waals surface area (Å²) in [6, 6.07) is 0.546. The summed E-state index contributed by atoms with van der Waals surface area (Å²) in [7, 11) is 0. The Morgan fingerprint density at radius 1 is 0.889 bits per heavy atom. The zero-order chi connectivity index (χ0) is 12.8. The molecule has 0 rings (SSSR count). The van der Waals surface area contributed by atoms with E-state index in [1.54, 1.807) is 0 Å². The average molecular weight is 318 g/mol. The molecule has 1 nitrogen and oxygen atoms in total. The summed E-state index contributed by atoms with van der Waals surface area (Å²) in [6.07, 6.45) is 15.7. The molecule has 0 aromatic rings. The molecular weight excluding hydrogens is 286 g/mol. The standard InChI is InChI=1S/C16H31N.BrH/c1-4-7-8-9-10-11-12-15-17-16(13-5-2)14-6-3;/h5-6,16-17H,2-4,7-15H2,1H3;1H. The molecule has 2 heteroatoms. The van der Waals surface area contributed by atoms with Crippen molar-refractivity contribution in [2.24, 2.45) is 0 Å². The molecule has 0 aliphatic heterocycles. The molecule has 0 fully saturated rings. The van der Waals surface area contributed by atoms with E-state index in [1.807, 2.05) is 12.2 Å². The summed E-state index contributed by atoms with van der Waals surface area (Å²) in [5.41, 5.74) is 0. The van der Waals surface area contributed by atoms with E-state index in [0.29, 0.717) is 6.04 Å². The monoisotopic (exact) mass is 317 g/mol. The van der Waals surface area contributed by atoms with Crippen LogP contribution in [-0.2, 0) is 0 Å². The van der Waals surface area contributed by atoms with Crippen molar-refractivity contribution in [3.8, 4) is 0 Å². The predicted molar refractivity (Wildman–Crippen MR) is 89.7 cm³/mol. The van der Waals surface area contributed by atoms with Crippen LogP contribution in [0.1, 0.15) is 64.7 Å². The maximum absolute atomic E-state index is 3.79. The van der Waals surface area contributed by atoms with Gasteiger partial charge in [0.15, 0.2) is 0 Å². The summed E-state index contributed by atoms with van der Waals surface area (Å²) in [4.78, 5) is 0. The summed E-state index contributed by atoms with van der Waals surface area (Å²) in [6.45, 7) is 11.0. The zero-order valence-electron chi connectivity index (χ0n) is 12.1. The fraction of sp³-hybridized carbons (Fsp3) is 0.750. The van der Waals surface area contributed by atoms with E-state index in [-0.39, 0.29) is 17.0 Å². The molecule has 0 saturated carbocycles. The normalized spacial score (nSPS) is 10.1. The molecule has 0 aromatic heterocycles. The Labute approximate surface area is 125 Å². The molecule has 0 atom stereocenters. The van der Waals surface area contributed by atoms with E-state index in [9.17, 15) is 0 Å². The van der Waals surface area contributed by atoms with Gasteiger partial charge in [0.1, 0.15) is 0 Å². The Kier molecular flexibility index (Phi) is 19.0. The van der Waals surface area contributed by atoms with E-state index in [1.165, 1.54) is 44.9 Å². The first-order chi connectivity index (χ1) is 8.35. The second kappa shape index (κ2) is 16.9. The van der Waals surface area contributed by atoms with Gasteiger partial charge in [-0.1, -0.05) is 57.6 Å². The lowest BCUT2D eigenvalue weighted by Crippen LogP contribution is -2.28. The Balaban J connectivity index is 0. The Bertz CT molecular complexity index is 170. The topological polar surface area (TPSA) is 12.0 Å². The molecule has 1 N–H and O–H groups in total. The van der Waals surface area contributed by atoms with Gasteiger partial charge in [-0.2, -0.15) is 0 Å². The minimum absolute atomic E-state index is 0. The number of nitrogens with one attached hydrogen (secondary N) is 1. The Morgan fingerprint density at radius 3 is 1.89 bits per heavy atom. The lowest BCUT2D eigenvalue weighted by molar-refractivity contribution is 0.493. The maximum atomic E-state index is 3.79. The third-order valence-electron chi connectivity index (χ3n) is 3.12. The van der Waals surface area contributed by atoms with E-state index >= 15 is 0 Å². The second-order valence-corrected chi connectivity index (χ2v) is 4.82. The number of hydrogen-bond acceptors (Lipinski definition) is 1. The minimum Gasteiger partial charge on any atom is -0.313 e. The quantitative estimate of drug-likeness (QED) is 0.353. The molecule has 0 unspecified atom stereocenters. The maximum Gasteiger partial charge on any atom is 0.0136 e. The summed E-state index contributed by atoms with van der Waals surface area (Å²) >= 11 is 0. The molecule has 0 radical (unpaired) electrons. The van der Waals surface area contributed by atoms with Crippen LogP contribution in [-0.4, -0.2) is 12.6 Å². The fourth-order valence-corrected chi connectivity index (χ4v) is 2.05. The number of halogens is 1. The fourth-order valence-electron chi connectivity index (χ4n) is 2.05. The van der Waals surface area contributed by atoms with Crippen LogP contribution in [0.2, 0.25) is 0 Å². The molecule has 18 heavy (non-hydrogen) atoms. The van der Waals surface area contributed by atoms with Crippen molar-refractivity contribution in [3.05, 3.63) is 25.3 Å². The minimum atomic E-state index is 0. The molecule has 0 spiro atoms. The number of unbranched alkanes of at least 4 members (excludes halogenated alkanes) is 6. The molecule has 0 aliphatic carbocycles. The van der Waals surface area contributed by atoms with Crippen LogP contribution >= 0.6 is 17.0 Å². The van der Waals surface area contributed by atoms with Crippen molar-refractivity contribution in [1.29, 1.82) is 0 Å². The van der Waals surface area contributed by atoms with Crippen LogP contribution in [0.25, 0.3) is 0 Å². The summed E-state index contributed by atoms with van der Waals surface area (Å²) in [5.74, 6) is 0. The van der Waals surface area contributed by atoms with Gasteiger partial charge in [-0.15, -0.1) is 30.1 Å². The highest BCUT2D eigenvalue weighted by molar-refractivity contribution is 8.93. The van der Waals surface area contributed by atoms with Gasteiger partial charge in [0, 0.05) is 6.04 Å². The van der Waals surface area contributed by atoms with Crippen LogP contribution in [0.15, 0.2) is 25.3 Å². The van der Waals surface area contributed by atoms with Gasteiger partial charge >= 0.3 is 0 Å². The van der Waals surface area contributed by atoms with E-state index in [4.69, 9.17) is 0 Å². The zero-order valence-corrected chi connectivity index (χ0v) is 13.8. The molecule has 0 saturated heterocycles. The lowest BCUT2D eigenvalue weighted by atomic mass is 10.1. The third kappa shape index (κ3) is 14.0. The molecule has 0 amide bonds. The van der Waals surface area contributed by atoms with E-state index in [2.05, 4.69) is 25.4 Å². The van der Waals surface area contributed by atoms with E-state index in [0.717, 1.165) is 19.4 Å². The molecule has 0 heterocycles. The molecule has 108 valence electrons. The van der Waals surface area contributed by atoms with Gasteiger partial charge in [-0.05, 0) is 25.8 Å². The van der Waals surface area contributed by atoms with Crippen LogP contribution in [0.5, 0.6) is 0 Å². The highest BCUT2D eigenvalue weighted by atomic mass is 79.9. The van der Waals surface area contributed by atoms with Gasteiger partial charge in [-0.3, -0.25) is 0 Å². The first-order valence-corrected chi connectivity index (χ1v) is 7.30. The number of hydrogen-bond donors (Lipinski definition) is 1. The average Bonchev–Trinajstić information content (AvgIpc) is 2.33. The van der Waals surface area contributed by atoms with E-state index < -0.39 is 0 Å². The van der Waals surface area contributed by atoms with Crippen LogP contribution in [0, 0.1) is 0 Å². The molecule has 0 aromatic carbocycles. The third-order valence-corrected chi connectivity index (χ3v) is 3.12. The van der Waals surface area contributed by atoms with Crippen molar-refractivity contribution in [3.63, 3.8) is 0 Å². The first kappa shape index (κ1) is 20.2. The second-order valence-electron chi connectivity index (χ2n) is 4.82. The van der Waals surface area contributed by atoms with Gasteiger partial charge in [0.2, 0.25) is 0 Å². The van der Waals surface area contributed by atoms with Gasteiger partial charge in [0.25, 0.3) is 0 Å². The molecular formula is C16H32BrN. The highest BCUT2D eigenvalue weighted by Crippen LogP contribution is 2.07. The van der Waals surface area contributed by atoms with Gasteiger partial charge in [-0.25, -0.2) is 0 Å². The van der Waals surface area contributed by atoms with Gasteiger partial charge in [0.05, 0.1) is 0 Å². The van der Waals surface area contributed by atoms with Crippen LogP contribution in [0.4, 0.5) is 0 Å². The Morgan fingerprint density at radius 2 is 1.39 bits per heavy atom. The molecule has 0 aliphatic rings. The summed E-state index contributed by atoms with van der Waals surface area (Å²) < 4.78 is 0. The van der Waals surface area contributed by atoms with Crippen molar-refractivity contribution >= 4 is 17.0 Å². The molecule has 0 bridgehead atoms. The summed E-state index contributed by atoms with van der Waals surface area (Å²) in [5, 5.41) is 3.58. The Hall–Kier alpha value is -0.0800. The van der Waals surface area contributed by atoms with Crippen molar-refractivity contribution in [2.75, 3.05) is 6.54 Å². The van der Waals surface area contributed by atoms with Crippen LogP contribution < -0.4 is 5.32 Å². The first-order valence-electron chi connectivity index (χ1n) is 7.30. The van der Waals surface area contributed by atoms with Crippen molar-refractivity contribution in [2.45, 2.75) is 70.8 Å². The number of rotatable bonds is 13.